The van der Waals surface area contributed by atoms with Crippen LogP contribution in [0.4, 0.5) is 0 Å². The largest absolute Gasteiger partial charge is 0.454 e. The summed E-state index contributed by atoms with van der Waals surface area (Å²) in [6.45, 7) is -0.257. The predicted molar refractivity (Wildman–Crippen MR) is 145 cm³/mol. The Morgan fingerprint density at radius 1 is 1.13 bits per heavy atom. The highest BCUT2D eigenvalue weighted by Gasteiger charge is 2.33. The van der Waals surface area contributed by atoms with Crippen LogP contribution < -0.4 is 9.47 Å². The minimum atomic E-state index is -3.14. The van der Waals surface area contributed by atoms with Gasteiger partial charge in [0.2, 0.25) is 6.79 Å². The Kier molecular flexibility index (Phi) is 6.50. The molecule has 1 fully saturated rings. The van der Waals surface area contributed by atoms with Gasteiger partial charge >= 0.3 is 5.97 Å². The summed E-state index contributed by atoms with van der Waals surface area (Å²) in [4.78, 5) is 32.6. The van der Waals surface area contributed by atoms with E-state index in [9.17, 15) is 18.0 Å². The summed E-state index contributed by atoms with van der Waals surface area (Å²) < 4.78 is 40.1. The Balaban J connectivity index is 1.30. The number of allylic oxidation sites excluding steroid dienone is 1. The molecule has 3 heterocycles. The number of esters is 1. The van der Waals surface area contributed by atoms with Crippen molar-refractivity contribution in [3.63, 3.8) is 0 Å². The number of rotatable bonds is 5. The standard InChI is InChI=1S/C29H28N2O7S/c1-31(20-11-12-39(34,35)16-20)26(32)15-36-29(33)27-21-6-2-3-8-23(21)30-28-19(5-4-7-22(27)28)13-18-9-10-24-25(14-18)38-17-37-24/h2-3,6,8-10,13-14,20H,4-5,7,11-12,15-17H2,1H3/b19-13-/t20-/m0/s1. The minimum absolute atomic E-state index is 0.0618. The Morgan fingerprint density at radius 2 is 1.95 bits per heavy atom. The first-order valence-electron chi connectivity index (χ1n) is 12.9. The number of hydrogen-bond donors (Lipinski definition) is 0. The van der Waals surface area contributed by atoms with Crippen molar-refractivity contribution in [2.45, 2.75) is 31.7 Å². The van der Waals surface area contributed by atoms with Crippen LogP contribution in [-0.4, -0.2) is 68.2 Å². The number of amides is 1. The predicted octanol–water partition coefficient (Wildman–Crippen LogP) is 3.64. The lowest BCUT2D eigenvalue weighted by Crippen LogP contribution is -2.40. The van der Waals surface area contributed by atoms with Gasteiger partial charge in [0, 0.05) is 18.5 Å². The summed E-state index contributed by atoms with van der Waals surface area (Å²) >= 11 is 0. The lowest BCUT2D eigenvalue weighted by molar-refractivity contribution is -0.134. The van der Waals surface area contributed by atoms with Gasteiger partial charge in [-0.25, -0.2) is 18.2 Å². The zero-order valence-electron chi connectivity index (χ0n) is 21.5. The van der Waals surface area contributed by atoms with Crippen molar-refractivity contribution in [1.82, 2.24) is 9.88 Å². The Hall–Kier alpha value is -3.92. The third kappa shape index (κ3) is 4.96. The smallest absolute Gasteiger partial charge is 0.339 e. The zero-order chi connectivity index (χ0) is 27.1. The number of aromatic nitrogens is 1. The third-order valence-electron chi connectivity index (χ3n) is 7.59. The highest BCUT2D eigenvalue weighted by atomic mass is 32.2. The molecule has 3 aromatic rings. The van der Waals surface area contributed by atoms with Gasteiger partial charge in [0.15, 0.2) is 27.9 Å². The molecule has 0 N–H and O–H groups in total. The normalized spacial score (nSPS) is 20.1. The number of fused-ring (bicyclic) bond motifs is 3. The third-order valence-corrected chi connectivity index (χ3v) is 9.34. The maximum absolute atomic E-state index is 13.5. The van der Waals surface area contributed by atoms with E-state index in [0.29, 0.717) is 40.8 Å². The molecule has 1 atom stereocenters. The maximum Gasteiger partial charge on any atom is 0.339 e. The van der Waals surface area contributed by atoms with Crippen molar-refractivity contribution in [3.8, 4) is 11.5 Å². The summed E-state index contributed by atoms with van der Waals surface area (Å²) in [5, 5.41) is 0.674. The van der Waals surface area contributed by atoms with E-state index in [2.05, 4.69) is 6.08 Å². The average Bonchev–Trinajstić information content (AvgIpc) is 3.55. The second-order valence-corrected chi connectivity index (χ2v) is 12.3. The monoisotopic (exact) mass is 548 g/mol. The zero-order valence-corrected chi connectivity index (χ0v) is 22.3. The molecule has 3 aliphatic rings. The van der Waals surface area contributed by atoms with E-state index in [1.165, 1.54) is 4.90 Å². The first-order chi connectivity index (χ1) is 18.8. The van der Waals surface area contributed by atoms with Gasteiger partial charge in [-0.1, -0.05) is 24.3 Å². The number of para-hydroxylation sites is 1. The van der Waals surface area contributed by atoms with E-state index in [4.69, 9.17) is 19.2 Å². The van der Waals surface area contributed by atoms with Gasteiger partial charge in [0.05, 0.1) is 28.3 Å². The fourth-order valence-corrected chi connectivity index (χ4v) is 7.27. The molecule has 0 radical (unpaired) electrons. The van der Waals surface area contributed by atoms with E-state index in [-0.39, 0.29) is 18.3 Å². The number of nitrogens with zero attached hydrogens (tertiary/aromatic N) is 2. The van der Waals surface area contributed by atoms with Gasteiger partial charge in [-0.3, -0.25) is 4.79 Å². The van der Waals surface area contributed by atoms with Crippen molar-refractivity contribution >= 4 is 44.3 Å². The van der Waals surface area contributed by atoms with Gasteiger partial charge < -0.3 is 19.1 Å². The number of carbonyl (C=O) groups is 2. The molecular formula is C29H28N2O7S. The van der Waals surface area contributed by atoms with Crippen molar-refractivity contribution in [2.75, 3.05) is 32.0 Å². The summed E-state index contributed by atoms with van der Waals surface area (Å²) in [7, 11) is -1.59. The quantitative estimate of drug-likeness (QED) is 0.445. The molecule has 1 amide bonds. The lowest BCUT2D eigenvalue weighted by atomic mass is 9.86. The van der Waals surface area contributed by atoms with E-state index >= 15 is 0 Å². The van der Waals surface area contributed by atoms with Crippen molar-refractivity contribution in [1.29, 1.82) is 0 Å². The molecule has 202 valence electrons. The first kappa shape index (κ1) is 25.4. The van der Waals surface area contributed by atoms with Crippen LogP contribution in [0.3, 0.4) is 0 Å². The first-order valence-corrected chi connectivity index (χ1v) is 14.8. The molecule has 1 saturated heterocycles. The molecule has 2 aromatic carbocycles. The number of likely N-dealkylation sites (N-methyl/N-ethyl adjacent to an activating group) is 1. The van der Waals surface area contributed by atoms with Gasteiger partial charge in [0.25, 0.3) is 5.91 Å². The fraction of sp³-hybridized carbons (Fsp3) is 0.345. The molecule has 0 bridgehead atoms. The molecule has 0 unspecified atom stereocenters. The summed E-state index contributed by atoms with van der Waals surface area (Å²) in [6.07, 6.45) is 4.74. The van der Waals surface area contributed by atoms with Crippen LogP contribution in [-0.2, 0) is 25.8 Å². The summed E-state index contributed by atoms with van der Waals surface area (Å²) in [5.74, 6) is 0.387. The second kappa shape index (κ2) is 10.00. The van der Waals surface area contributed by atoms with Crippen molar-refractivity contribution in [2.24, 2.45) is 0 Å². The number of carbonyl (C=O) groups excluding carboxylic acids is 2. The van der Waals surface area contributed by atoms with E-state index < -0.39 is 34.4 Å². The van der Waals surface area contributed by atoms with Crippen molar-refractivity contribution in [3.05, 3.63) is 64.8 Å². The minimum Gasteiger partial charge on any atom is -0.454 e. The highest BCUT2D eigenvalue weighted by Crippen LogP contribution is 2.38. The van der Waals surface area contributed by atoms with Crippen LogP contribution >= 0.6 is 0 Å². The van der Waals surface area contributed by atoms with E-state index in [0.717, 1.165) is 35.2 Å². The molecule has 39 heavy (non-hydrogen) atoms. The van der Waals surface area contributed by atoms with Crippen molar-refractivity contribution < 1.29 is 32.2 Å². The summed E-state index contributed by atoms with van der Waals surface area (Å²) in [5.41, 5.74) is 4.60. The van der Waals surface area contributed by atoms with Gasteiger partial charge in [-0.15, -0.1) is 0 Å². The maximum atomic E-state index is 13.5. The Labute approximate surface area is 226 Å². The number of benzene rings is 2. The number of hydrogen-bond acceptors (Lipinski definition) is 8. The molecule has 6 rings (SSSR count). The summed E-state index contributed by atoms with van der Waals surface area (Å²) in [6, 6.07) is 12.8. The van der Waals surface area contributed by atoms with E-state index in [1.807, 2.05) is 42.5 Å². The molecule has 9 nitrogen and oxygen atoms in total. The molecule has 0 spiro atoms. The Bertz CT molecular complexity index is 1630. The van der Waals surface area contributed by atoms with Crippen LogP contribution in [0, 0.1) is 0 Å². The van der Waals surface area contributed by atoms with Crippen LogP contribution in [0.2, 0.25) is 0 Å². The molecule has 2 aliphatic heterocycles. The van der Waals surface area contributed by atoms with Crippen LogP contribution in [0.25, 0.3) is 22.6 Å². The fourth-order valence-electron chi connectivity index (χ4n) is 5.50. The Morgan fingerprint density at radius 3 is 2.77 bits per heavy atom. The molecular weight excluding hydrogens is 520 g/mol. The second-order valence-electron chi connectivity index (χ2n) is 10.1. The molecule has 10 heteroatoms. The molecule has 0 saturated carbocycles. The molecule has 1 aromatic heterocycles. The number of pyridine rings is 1. The number of ether oxygens (including phenoxy) is 3. The van der Waals surface area contributed by atoms with Crippen LogP contribution in [0.15, 0.2) is 42.5 Å². The topological polar surface area (TPSA) is 112 Å². The highest BCUT2D eigenvalue weighted by molar-refractivity contribution is 7.91. The van der Waals surface area contributed by atoms with Gasteiger partial charge in [-0.05, 0) is 66.7 Å². The SMILES string of the molecule is CN(C(=O)COC(=O)c1c2c(nc3ccccc13)/C(=C\c1ccc3c(c1)OCO3)CCC2)[C@H]1CCS(=O)(=O)C1. The van der Waals surface area contributed by atoms with Gasteiger partial charge in [-0.2, -0.15) is 0 Å². The number of sulfone groups is 1. The van der Waals surface area contributed by atoms with Gasteiger partial charge in [0.1, 0.15) is 0 Å². The van der Waals surface area contributed by atoms with E-state index in [1.54, 1.807) is 7.05 Å². The van der Waals surface area contributed by atoms with Crippen LogP contribution in [0.5, 0.6) is 11.5 Å². The van der Waals surface area contributed by atoms with Crippen LogP contribution in [0.1, 0.15) is 46.4 Å². The average molecular weight is 549 g/mol. The molecule has 1 aliphatic carbocycles. The lowest BCUT2D eigenvalue weighted by Gasteiger charge is -2.24.